The van der Waals surface area contributed by atoms with Crippen LogP contribution in [0.4, 0.5) is 5.69 Å². The molecule has 3 aromatic carbocycles. The van der Waals surface area contributed by atoms with Gasteiger partial charge in [0.2, 0.25) is 0 Å². The third-order valence-electron chi connectivity index (χ3n) is 4.05. The summed E-state index contributed by atoms with van der Waals surface area (Å²) in [4.78, 5) is 13.0. The zero-order valence-corrected chi connectivity index (χ0v) is 15.7. The number of halogens is 2. The summed E-state index contributed by atoms with van der Waals surface area (Å²) in [6.45, 7) is 1.87. The lowest BCUT2D eigenvalue weighted by atomic mass is 10.0. The van der Waals surface area contributed by atoms with Crippen LogP contribution in [0, 0.1) is 6.92 Å². The van der Waals surface area contributed by atoms with E-state index in [-0.39, 0.29) is 5.91 Å². The van der Waals surface area contributed by atoms with E-state index in [1.165, 1.54) is 0 Å². The standard InChI is InChI=1S/C22H17Cl2NO/c1-15-19(23)12-7-13-21(15)25-22(26)18(16-8-3-2-4-9-16)14-17-10-5-6-11-20(17)24/h2-14H,1H3,(H,25,26)/b18-14+. The van der Waals surface area contributed by atoms with Gasteiger partial charge in [-0.25, -0.2) is 0 Å². The molecule has 1 N–H and O–H groups in total. The van der Waals surface area contributed by atoms with Gasteiger partial charge < -0.3 is 5.32 Å². The number of nitrogens with one attached hydrogen (secondary N) is 1. The largest absolute Gasteiger partial charge is 0.322 e. The highest BCUT2D eigenvalue weighted by molar-refractivity contribution is 6.34. The average Bonchev–Trinajstić information content (AvgIpc) is 2.65. The second kappa shape index (κ2) is 8.22. The van der Waals surface area contributed by atoms with Crippen LogP contribution >= 0.6 is 23.2 Å². The highest BCUT2D eigenvalue weighted by Crippen LogP contribution is 2.27. The van der Waals surface area contributed by atoms with Crippen LogP contribution in [0.25, 0.3) is 11.6 Å². The quantitative estimate of drug-likeness (QED) is 0.406. The fourth-order valence-electron chi connectivity index (χ4n) is 2.58. The molecule has 0 unspecified atom stereocenters. The Balaban J connectivity index is 2.02. The number of hydrogen-bond donors (Lipinski definition) is 1. The first-order valence-corrected chi connectivity index (χ1v) is 8.90. The van der Waals surface area contributed by atoms with Crippen molar-refractivity contribution in [3.05, 3.63) is 99.5 Å². The van der Waals surface area contributed by atoms with Crippen LogP contribution in [-0.2, 0) is 4.79 Å². The van der Waals surface area contributed by atoms with Crippen molar-refractivity contribution >= 4 is 46.4 Å². The summed E-state index contributed by atoms with van der Waals surface area (Å²) in [5, 5.41) is 4.16. The molecule has 0 aromatic heterocycles. The highest BCUT2D eigenvalue weighted by atomic mass is 35.5. The topological polar surface area (TPSA) is 29.1 Å². The molecule has 3 aromatic rings. The first kappa shape index (κ1) is 18.2. The van der Waals surface area contributed by atoms with Crippen molar-refractivity contribution in [1.29, 1.82) is 0 Å². The number of hydrogen-bond acceptors (Lipinski definition) is 1. The second-order valence-electron chi connectivity index (χ2n) is 5.81. The molecule has 4 heteroatoms. The van der Waals surface area contributed by atoms with Crippen molar-refractivity contribution in [1.82, 2.24) is 0 Å². The fourth-order valence-corrected chi connectivity index (χ4v) is 2.94. The Morgan fingerprint density at radius 2 is 1.50 bits per heavy atom. The highest BCUT2D eigenvalue weighted by Gasteiger charge is 2.14. The SMILES string of the molecule is Cc1c(Cl)cccc1NC(=O)/C(=C/c1ccccc1Cl)c1ccccc1. The predicted octanol–water partition coefficient (Wildman–Crippen LogP) is 6.48. The molecule has 0 aliphatic rings. The molecule has 0 aliphatic heterocycles. The van der Waals surface area contributed by atoms with Crippen LogP contribution < -0.4 is 5.32 Å². The zero-order chi connectivity index (χ0) is 18.5. The van der Waals surface area contributed by atoms with Gasteiger partial charge in [0.05, 0.1) is 0 Å². The van der Waals surface area contributed by atoms with Crippen molar-refractivity contribution < 1.29 is 4.79 Å². The molecule has 0 saturated heterocycles. The number of rotatable bonds is 4. The van der Waals surface area contributed by atoms with Crippen LogP contribution in [0.3, 0.4) is 0 Å². The van der Waals surface area contributed by atoms with E-state index < -0.39 is 0 Å². The van der Waals surface area contributed by atoms with E-state index in [9.17, 15) is 4.79 Å². The minimum absolute atomic E-state index is 0.221. The van der Waals surface area contributed by atoms with E-state index in [4.69, 9.17) is 23.2 Å². The molecular weight excluding hydrogens is 365 g/mol. The monoisotopic (exact) mass is 381 g/mol. The summed E-state index contributed by atoms with van der Waals surface area (Å²) in [5.41, 5.74) is 3.63. The maximum absolute atomic E-state index is 13.0. The molecule has 2 nitrogen and oxygen atoms in total. The molecule has 0 radical (unpaired) electrons. The van der Waals surface area contributed by atoms with Gasteiger partial charge in [0.15, 0.2) is 0 Å². The average molecular weight is 382 g/mol. The Hall–Kier alpha value is -2.55. The Morgan fingerprint density at radius 3 is 2.23 bits per heavy atom. The molecular formula is C22H17Cl2NO. The van der Waals surface area contributed by atoms with Crippen LogP contribution in [0.1, 0.15) is 16.7 Å². The molecule has 0 fully saturated rings. The Morgan fingerprint density at radius 1 is 0.846 bits per heavy atom. The van der Waals surface area contributed by atoms with Crippen LogP contribution in [0.2, 0.25) is 10.0 Å². The lowest BCUT2D eigenvalue weighted by Crippen LogP contribution is -2.14. The molecule has 0 heterocycles. The van der Waals surface area contributed by atoms with Gasteiger partial charge in [-0.15, -0.1) is 0 Å². The lowest BCUT2D eigenvalue weighted by Gasteiger charge is -2.13. The molecule has 0 bridgehead atoms. The molecule has 0 saturated carbocycles. The van der Waals surface area contributed by atoms with E-state index in [0.29, 0.717) is 21.3 Å². The van der Waals surface area contributed by atoms with Gasteiger partial charge in [0.25, 0.3) is 5.91 Å². The Kier molecular flexibility index (Phi) is 5.77. The van der Waals surface area contributed by atoms with E-state index in [0.717, 1.165) is 16.7 Å². The summed E-state index contributed by atoms with van der Waals surface area (Å²) in [6.07, 6.45) is 1.80. The molecule has 0 aliphatic carbocycles. The van der Waals surface area contributed by atoms with Gasteiger partial charge in [-0.05, 0) is 47.9 Å². The maximum Gasteiger partial charge on any atom is 0.256 e. The third kappa shape index (κ3) is 4.16. The van der Waals surface area contributed by atoms with Gasteiger partial charge in [0, 0.05) is 21.3 Å². The Labute approximate surface area is 163 Å². The van der Waals surface area contributed by atoms with Gasteiger partial charge in [-0.2, -0.15) is 0 Å². The molecule has 26 heavy (non-hydrogen) atoms. The van der Waals surface area contributed by atoms with Crippen molar-refractivity contribution in [2.75, 3.05) is 5.32 Å². The van der Waals surface area contributed by atoms with Crippen molar-refractivity contribution in [3.63, 3.8) is 0 Å². The maximum atomic E-state index is 13.0. The van der Waals surface area contributed by atoms with E-state index >= 15 is 0 Å². The van der Waals surface area contributed by atoms with Crippen LogP contribution in [-0.4, -0.2) is 5.91 Å². The minimum Gasteiger partial charge on any atom is -0.322 e. The molecule has 0 spiro atoms. The molecule has 0 atom stereocenters. The van der Waals surface area contributed by atoms with Crippen molar-refractivity contribution in [2.24, 2.45) is 0 Å². The fraction of sp³-hybridized carbons (Fsp3) is 0.0455. The smallest absolute Gasteiger partial charge is 0.256 e. The molecule has 1 amide bonds. The van der Waals surface area contributed by atoms with Gasteiger partial charge in [-0.3, -0.25) is 4.79 Å². The second-order valence-corrected chi connectivity index (χ2v) is 6.63. The molecule has 3 rings (SSSR count). The summed E-state index contributed by atoms with van der Waals surface area (Å²) in [6, 6.07) is 22.4. The van der Waals surface area contributed by atoms with Crippen LogP contribution in [0.5, 0.6) is 0 Å². The van der Waals surface area contributed by atoms with Crippen LogP contribution in [0.15, 0.2) is 72.8 Å². The summed E-state index contributed by atoms with van der Waals surface area (Å²) < 4.78 is 0. The number of carbonyl (C=O) groups is 1. The van der Waals surface area contributed by atoms with E-state index in [1.807, 2.05) is 67.6 Å². The number of benzene rings is 3. The predicted molar refractivity (Wildman–Crippen MR) is 111 cm³/mol. The first-order valence-electron chi connectivity index (χ1n) is 8.14. The lowest BCUT2D eigenvalue weighted by molar-refractivity contribution is -0.111. The minimum atomic E-state index is -0.221. The summed E-state index contributed by atoms with van der Waals surface area (Å²) in [5.74, 6) is -0.221. The van der Waals surface area contributed by atoms with E-state index in [2.05, 4.69) is 5.32 Å². The summed E-state index contributed by atoms with van der Waals surface area (Å²) >= 11 is 12.4. The zero-order valence-electron chi connectivity index (χ0n) is 14.2. The third-order valence-corrected chi connectivity index (χ3v) is 4.80. The number of amides is 1. The Bertz CT molecular complexity index is 965. The van der Waals surface area contributed by atoms with Gasteiger partial charge in [-0.1, -0.05) is 77.8 Å². The van der Waals surface area contributed by atoms with Gasteiger partial charge in [0.1, 0.15) is 0 Å². The number of carbonyl (C=O) groups excluding carboxylic acids is 1. The normalized spacial score (nSPS) is 11.3. The summed E-state index contributed by atoms with van der Waals surface area (Å²) in [7, 11) is 0. The van der Waals surface area contributed by atoms with Crippen molar-refractivity contribution in [2.45, 2.75) is 6.92 Å². The first-order chi connectivity index (χ1) is 12.6. The number of anilines is 1. The molecule has 130 valence electrons. The van der Waals surface area contributed by atoms with Crippen molar-refractivity contribution in [3.8, 4) is 0 Å². The van der Waals surface area contributed by atoms with E-state index in [1.54, 1.807) is 18.2 Å². The van der Waals surface area contributed by atoms with Gasteiger partial charge >= 0.3 is 0 Å².